The zero-order chi connectivity index (χ0) is 10.7. The highest BCUT2D eigenvalue weighted by atomic mass is 16.7. The quantitative estimate of drug-likeness (QED) is 0.649. The molecule has 1 aliphatic heterocycles. The molecule has 84 valence electrons. The number of carbonyl (C=O) groups excluding carboxylic acids is 1. The van der Waals surface area contributed by atoms with Crippen molar-refractivity contribution >= 4 is 5.97 Å². The Morgan fingerprint density at radius 1 is 1.53 bits per heavy atom. The molecule has 0 bridgehead atoms. The number of esters is 1. The highest BCUT2D eigenvalue weighted by molar-refractivity contribution is 5.88. The fourth-order valence-corrected chi connectivity index (χ4v) is 2.04. The monoisotopic (exact) mass is 212 g/mol. The van der Waals surface area contributed by atoms with E-state index in [0.29, 0.717) is 31.8 Å². The maximum Gasteiger partial charge on any atom is 0.333 e. The number of hydrogen-bond acceptors (Lipinski definition) is 4. The van der Waals surface area contributed by atoms with E-state index >= 15 is 0 Å². The average Bonchev–Trinajstić information content (AvgIpc) is 2.67. The number of hydrogen-bond donors (Lipinski definition) is 0. The fraction of sp³-hybridized carbons (Fsp3) is 0.727. The molecule has 1 fully saturated rings. The van der Waals surface area contributed by atoms with E-state index in [4.69, 9.17) is 14.2 Å². The minimum Gasteiger partial charge on any atom is -0.463 e. The van der Waals surface area contributed by atoms with Crippen LogP contribution in [0.4, 0.5) is 0 Å². The Balaban J connectivity index is 2.02. The molecule has 1 heterocycles. The third-order valence-corrected chi connectivity index (χ3v) is 2.73. The first-order valence-electron chi connectivity index (χ1n) is 5.40. The zero-order valence-corrected chi connectivity index (χ0v) is 8.95. The summed E-state index contributed by atoms with van der Waals surface area (Å²) in [6, 6.07) is 0. The van der Waals surface area contributed by atoms with Gasteiger partial charge in [0.25, 0.3) is 0 Å². The van der Waals surface area contributed by atoms with Crippen molar-refractivity contribution < 1.29 is 19.0 Å². The molecule has 0 amide bonds. The molecule has 1 saturated heterocycles. The van der Waals surface area contributed by atoms with Gasteiger partial charge >= 0.3 is 5.97 Å². The van der Waals surface area contributed by atoms with E-state index in [1.165, 1.54) is 0 Å². The van der Waals surface area contributed by atoms with Gasteiger partial charge in [0.15, 0.2) is 5.79 Å². The van der Waals surface area contributed by atoms with E-state index in [-0.39, 0.29) is 5.97 Å². The molecule has 1 spiro atoms. The van der Waals surface area contributed by atoms with Crippen LogP contribution in [0.5, 0.6) is 0 Å². The van der Waals surface area contributed by atoms with Crippen LogP contribution in [0.25, 0.3) is 0 Å². The Morgan fingerprint density at radius 3 is 2.93 bits per heavy atom. The van der Waals surface area contributed by atoms with Crippen LogP contribution in [-0.4, -0.2) is 31.6 Å². The Hall–Kier alpha value is -0.870. The molecule has 0 atom stereocenters. The lowest BCUT2D eigenvalue weighted by Crippen LogP contribution is -2.34. The van der Waals surface area contributed by atoms with Crippen LogP contribution in [0.1, 0.15) is 26.2 Å². The molecule has 2 rings (SSSR count). The number of ether oxygens (including phenoxy) is 3. The molecule has 0 unspecified atom stereocenters. The van der Waals surface area contributed by atoms with Crippen molar-refractivity contribution in [3.63, 3.8) is 0 Å². The Bertz CT molecular complexity index is 276. The van der Waals surface area contributed by atoms with Gasteiger partial charge in [-0.1, -0.05) is 6.08 Å². The van der Waals surface area contributed by atoms with Gasteiger partial charge in [0.2, 0.25) is 0 Å². The highest BCUT2D eigenvalue weighted by Gasteiger charge is 2.40. The van der Waals surface area contributed by atoms with Gasteiger partial charge in [-0.3, -0.25) is 0 Å². The lowest BCUT2D eigenvalue weighted by Gasteiger charge is -2.30. The maximum atomic E-state index is 11.5. The number of rotatable bonds is 2. The first-order valence-corrected chi connectivity index (χ1v) is 5.40. The first kappa shape index (κ1) is 10.6. The third kappa shape index (κ3) is 2.21. The van der Waals surface area contributed by atoms with Gasteiger partial charge in [0.05, 0.1) is 19.8 Å². The van der Waals surface area contributed by atoms with Crippen molar-refractivity contribution in [1.82, 2.24) is 0 Å². The SMILES string of the molecule is CCOC(=O)C1=CCCC2(C1)OCCO2. The molecule has 1 aliphatic carbocycles. The van der Waals surface area contributed by atoms with Gasteiger partial charge in [-0.25, -0.2) is 4.79 Å². The second-order valence-corrected chi connectivity index (χ2v) is 3.77. The van der Waals surface area contributed by atoms with Crippen molar-refractivity contribution in [3.05, 3.63) is 11.6 Å². The van der Waals surface area contributed by atoms with E-state index in [1.807, 2.05) is 6.08 Å². The number of allylic oxidation sites excluding steroid dienone is 1. The van der Waals surface area contributed by atoms with Crippen molar-refractivity contribution in [1.29, 1.82) is 0 Å². The van der Waals surface area contributed by atoms with E-state index < -0.39 is 5.79 Å². The minimum atomic E-state index is -0.545. The van der Waals surface area contributed by atoms with Gasteiger partial charge in [0, 0.05) is 18.4 Å². The predicted molar refractivity (Wildman–Crippen MR) is 53.2 cm³/mol. The molecule has 0 N–H and O–H groups in total. The summed E-state index contributed by atoms with van der Waals surface area (Å²) in [6.07, 6.45) is 4.09. The predicted octanol–water partition coefficient (Wildman–Crippen LogP) is 1.40. The van der Waals surface area contributed by atoms with Crippen molar-refractivity contribution in [2.75, 3.05) is 19.8 Å². The summed E-state index contributed by atoms with van der Waals surface area (Å²) in [5.41, 5.74) is 0.685. The van der Waals surface area contributed by atoms with Crippen LogP contribution < -0.4 is 0 Å². The summed E-state index contributed by atoms with van der Waals surface area (Å²) in [4.78, 5) is 11.5. The molecule has 0 aromatic rings. The van der Waals surface area contributed by atoms with Gasteiger partial charge in [-0.15, -0.1) is 0 Å². The van der Waals surface area contributed by atoms with Gasteiger partial charge in [0.1, 0.15) is 0 Å². The van der Waals surface area contributed by atoms with Crippen LogP contribution in [0.15, 0.2) is 11.6 Å². The summed E-state index contributed by atoms with van der Waals surface area (Å²) in [6.45, 7) is 3.46. The van der Waals surface area contributed by atoms with E-state index in [1.54, 1.807) is 6.92 Å². The van der Waals surface area contributed by atoms with Crippen LogP contribution in [0.2, 0.25) is 0 Å². The lowest BCUT2D eigenvalue weighted by atomic mass is 9.93. The highest BCUT2D eigenvalue weighted by Crippen LogP contribution is 2.35. The molecule has 0 aromatic carbocycles. The molecule has 0 saturated carbocycles. The lowest BCUT2D eigenvalue weighted by molar-refractivity contribution is -0.167. The van der Waals surface area contributed by atoms with E-state index in [9.17, 15) is 4.79 Å². The topological polar surface area (TPSA) is 44.8 Å². The maximum absolute atomic E-state index is 11.5. The van der Waals surface area contributed by atoms with Crippen molar-refractivity contribution in [2.24, 2.45) is 0 Å². The smallest absolute Gasteiger partial charge is 0.333 e. The Morgan fingerprint density at radius 2 is 2.27 bits per heavy atom. The molecule has 15 heavy (non-hydrogen) atoms. The minimum absolute atomic E-state index is 0.240. The van der Waals surface area contributed by atoms with Crippen molar-refractivity contribution in [3.8, 4) is 0 Å². The van der Waals surface area contributed by atoms with Crippen LogP contribution in [0.3, 0.4) is 0 Å². The fourth-order valence-electron chi connectivity index (χ4n) is 2.04. The molecule has 2 aliphatic rings. The average molecular weight is 212 g/mol. The summed E-state index contributed by atoms with van der Waals surface area (Å²) in [5.74, 6) is -0.785. The summed E-state index contributed by atoms with van der Waals surface area (Å²) >= 11 is 0. The van der Waals surface area contributed by atoms with Gasteiger partial charge in [-0.2, -0.15) is 0 Å². The second-order valence-electron chi connectivity index (χ2n) is 3.77. The summed E-state index contributed by atoms with van der Waals surface area (Å²) in [5, 5.41) is 0. The Labute approximate surface area is 89.2 Å². The largest absolute Gasteiger partial charge is 0.463 e. The molecule has 0 aromatic heterocycles. The molecule has 0 radical (unpaired) electrons. The van der Waals surface area contributed by atoms with Crippen LogP contribution >= 0.6 is 0 Å². The van der Waals surface area contributed by atoms with Crippen LogP contribution in [-0.2, 0) is 19.0 Å². The molecular weight excluding hydrogens is 196 g/mol. The van der Waals surface area contributed by atoms with Gasteiger partial charge in [-0.05, 0) is 13.3 Å². The van der Waals surface area contributed by atoms with Crippen LogP contribution in [0, 0.1) is 0 Å². The van der Waals surface area contributed by atoms with E-state index in [2.05, 4.69) is 0 Å². The zero-order valence-electron chi connectivity index (χ0n) is 8.95. The standard InChI is InChI=1S/C11H16O4/c1-2-13-10(12)9-4-3-5-11(8-9)14-6-7-15-11/h4H,2-3,5-8H2,1H3. The third-order valence-electron chi connectivity index (χ3n) is 2.73. The normalized spacial score (nSPS) is 23.9. The summed E-state index contributed by atoms with van der Waals surface area (Å²) < 4.78 is 16.1. The molecule has 4 heteroatoms. The first-order chi connectivity index (χ1) is 7.26. The molecule has 4 nitrogen and oxygen atoms in total. The van der Waals surface area contributed by atoms with Gasteiger partial charge < -0.3 is 14.2 Å². The molecular formula is C11H16O4. The number of carbonyl (C=O) groups is 1. The van der Waals surface area contributed by atoms with Crippen molar-refractivity contribution in [2.45, 2.75) is 32.0 Å². The van der Waals surface area contributed by atoms with E-state index in [0.717, 1.165) is 12.8 Å². The Kier molecular flexibility index (Phi) is 3.07. The summed E-state index contributed by atoms with van der Waals surface area (Å²) in [7, 11) is 0. The second kappa shape index (κ2) is 4.33.